The van der Waals surface area contributed by atoms with E-state index in [9.17, 15) is 4.79 Å². The van der Waals surface area contributed by atoms with Crippen LogP contribution in [0.4, 0.5) is 5.13 Å². The molecular weight excluding hydrogens is 414 g/mol. The number of anilines is 1. The number of benzene rings is 2. The molecule has 5 nitrogen and oxygen atoms in total. The highest BCUT2D eigenvalue weighted by atomic mass is 32.2. The van der Waals surface area contributed by atoms with E-state index >= 15 is 0 Å². The molecule has 0 aliphatic rings. The molecule has 1 amide bonds. The number of ether oxygens (including phenoxy) is 1. The molecule has 0 aliphatic heterocycles. The Morgan fingerprint density at radius 3 is 2.67 bits per heavy atom. The summed E-state index contributed by atoms with van der Waals surface area (Å²) in [6, 6.07) is 21.5. The van der Waals surface area contributed by atoms with Crippen molar-refractivity contribution in [2.24, 2.45) is 0 Å². The number of amides is 1. The predicted octanol–water partition coefficient (Wildman–Crippen LogP) is 5.42. The Bertz CT molecular complexity index is 1120. The highest BCUT2D eigenvalue weighted by Gasteiger charge is 2.22. The number of thioether (sulfide) groups is 1. The molecule has 0 atom stereocenters. The van der Waals surface area contributed by atoms with Crippen LogP contribution in [0.2, 0.25) is 0 Å². The fourth-order valence-corrected chi connectivity index (χ4v) is 4.75. The van der Waals surface area contributed by atoms with Gasteiger partial charge in [0.1, 0.15) is 11.3 Å². The lowest BCUT2D eigenvalue weighted by Crippen LogP contribution is -2.32. The monoisotopic (exact) mass is 435 g/mol. The van der Waals surface area contributed by atoms with Crippen molar-refractivity contribution in [1.29, 1.82) is 0 Å². The Morgan fingerprint density at radius 1 is 1.07 bits per heavy atom. The zero-order valence-corrected chi connectivity index (χ0v) is 18.2. The molecule has 7 heteroatoms. The second kappa shape index (κ2) is 9.73. The van der Waals surface area contributed by atoms with Gasteiger partial charge in [-0.05, 0) is 43.3 Å². The van der Waals surface area contributed by atoms with Crippen molar-refractivity contribution in [3.63, 3.8) is 0 Å². The largest absolute Gasteiger partial charge is 0.492 e. The minimum Gasteiger partial charge on any atom is -0.492 e. The van der Waals surface area contributed by atoms with Crippen LogP contribution >= 0.6 is 23.1 Å². The first-order valence-electron chi connectivity index (χ1n) is 9.65. The van der Waals surface area contributed by atoms with E-state index in [2.05, 4.69) is 4.98 Å². The van der Waals surface area contributed by atoms with Crippen LogP contribution in [0.5, 0.6) is 5.75 Å². The van der Waals surface area contributed by atoms with Crippen molar-refractivity contribution < 1.29 is 9.53 Å². The summed E-state index contributed by atoms with van der Waals surface area (Å²) in [6.07, 6.45) is 1.74. The molecule has 0 aliphatic carbocycles. The van der Waals surface area contributed by atoms with Crippen LogP contribution in [-0.2, 0) is 11.3 Å². The fourth-order valence-electron chi connectivity index (χ4n) is 2.95. The average Bonchev–Trinajstić information content (AvgIpc) is 3.22. The zero-order chi connectivity index (χ0) is 20.8. The van der Waals surface area contributed by atoms with E-state index in [4.69, 9.17) is 9.72 Å². The van der Waals surface area contributed by atoms with Crippen LogP contribution in [-0.4, -0.2) is 28.2 Å². The van der Waals surface area contributed by atoms with Gasteiger partial charge in [0.25, 0.3) is 0 Å². The maximum absolute atomic E-state index is 13.2. The van der Waals surface area contributed by atoms with Crippen molar-refractivity contribution in [3.8, 4) is 5.75 Å². The van der Waals surface area contributed by atoms with E-state index in [-0.39, 0.29) is 5.91 Å². The van der Waals surface area contributed by atoms with Crippen molar-refractivity contribution >= 4 is 44.4 Å². The minimum atomic E-state index is -0.00785. The predicted molar refractivity (Wildman–Crippen MR) is 123 cm³/mol. The summed E-state index contributed by atoms with van der Waals surface area (Å²) in [4.78, 5) is 25.2. The normalized spacial score (nSPS) is 10.8. The molecule has 4 rings (SSSR count). The molecule has 0 unspecified atom stereocenters. The van der Waals surface area contributed by atoms with E-state index < -0.39 is 0 Å². The van der Waals surface area contributed by atoms with Gasteiger partial charge in [-0.2, -0.15) is 0 Å². The Labute approximate surface area is 183 Å². The Kier molecular flexibility index (Phi) is 6.61. The maximum Gasteiger partial charge on any atom is 0.239 e. The molecule has 0 N–H and O–H groups in total. The van der Waals surface area contributed by atoms with E-state index in [0.717, 1.165) is 26.6 Å². The fraction of sp³-hybridized carbons (Fsp3) is 0.174. The number of hydrogen-bond donors (Lipinski definition) is 0. The van der Waals surface area contributed by atoms with Crippen LogP contribution in [0.15, 0.2) is 77.8 Å². The molecule has 30 heavy (non-hydrogen) atoms. The number of pyridine rings is 1. The second-order valence-electron chi connectivity index (χ2n) is 6.44. The van der Waals surface area contributed by atoms with E-state index in [1.54, 1.807) is 11.1 Å². The van der Waals surface area contributed by atoms with Gasteiger partial charge in [0.15, 0.2) is 5.13 Å². The van der Waals surface area contributed by atoms with Crippen molar-refractivity contribution in [2.45, 2.75) is 18.4 Å². The summed E-state index contributed by atoms with van der Waals surface area (Å²) in [6.45, 7) is 2.89. The van der Waals surface area contributed by atoms with Gasteiger partial charge in [0, 0.05) is 11.1 Å². The molecule has 2 aromatic heterocycles. The zero-order valence-electron chi connectivity index (χ0n) is 16.5. The molecular formula is C23H21N3O2S2. The van der Waals surface area contributed by atoms with Gasteiger partial charge in [-0.15, -0.1) is 11.8 Å². The van der Waals surface area contributed by atoms with Crippen molar-refractivity contribution in [3.05, 3.63) is 78.6 Å². The SMILES string of the molecule is CCOc1cccc2sc(N(Cc3ccccn3)C(=O)CSc3ccccc3)nc12. The van der Waals surface area contributed by atoms with Crippen LogP contribution in [0, 0.1) is 0 Å². The van der Waals surface area contributed by atoms with Gasteiger partial charge in [-0.1, -0.05) is 41.7 Å². The summed E-state index contributed by atoms with van der Waals surface area (Å²) in [5.41, 5.74) is 1.61. The number of para-hydroxylation sites is 1. The molecule has 4 aromatic rings. The third-order valence-corrected chi connectivity index (χ3v) is 6.39. The summed E-state index contributed by atoms with van der Waals surface area (Å²) in [5, 5.41) is 0.654. The van der Waals surface area contributed by atoms with Gasteiger partial charge < -0.3 is 4.74 Å². The quantitative estimate of drug-likeness (QED) is 0.346. The lowest BCUT2D eigenvalue weighted by Gasteiger charge is -2.19. The van der Waals surface area contributed by atoms with Crippen molar-refractivity contribution in [1.82, 2.24) is 9.97 Å². The topological polar surface area (TPSA) is 55.3 Å². The molecule has 0 spiro atoms. The Hall–Kier alpha value is -2.90. The highest BCUT2D eigenvalue weighted by molar-refractivity contribution is 8.00. The molecule has 0 saturated carbocycles. The number of carbonyl (C=O) groups is 1. The molecule has 2 heterocycles. The third-order valence-electron chi connectivity index (χ3n) is 4.35. The van der Waals surface area contributed by atoms with E-state index in [0.29, 0.717) is 24.0 Å². The van der Waals surface area contributed by atoms with Gasteiger partial charge in [-0.25, -0.2) is 4.98 Å². The van der Waals surface area contributed by atoms with E-state index in [1.165, 1.54) is 23.1 Å². The number of thiazole rings is 1. The summed E-state index contributed by atoms with van der Waals surface area (Å²) in [5.74, 6) is 1.05. The standard InChI is InChI=1S/C23H21N3O2S2/c1-2-28-19-12-8-13-20-22(19)25-23(30-20)26(15-17-9-6-7-14-24-17)21(27)16-29-18-10-4-3-5-11-18/h3-14H,2,15-16H2,1H3. The number of carbonyl (C=O) groups excluding carboxylic acids is 1. The number of fused-ring (bicyclic) bond motifs is 1. The van der Waals surface area contributed by atoms with Crippen LogP contribution < -0.4 is 9.64 Å². The number of hydrogen-bond acceptors (Lipinski definition) is 6. The van der Waals surface area contributed by atoms with Crippen LogP contribution in [0.3, 0.4) is 0 Å². The van der Waals surface area contributed by atoms with Gasteiger partial charge in [0.2, 0.25) is 5.91 Å². The average molecular weight is 436 g/mol. The lowest BCUT2D eigenvalue weighted by atomic mass is 10.3. The van der Waals surface area contributed by atoms with Crippen molar-refractivity contribution in [2.75, 3.05) is 17.3 Å². The first-order chi connectivity index (χ1) is 14.7. The smallest absolute Gasteiger partial charge is 0.239 e. The first-order valence-corrected chi connectivity index (χ1v) is 11.5. The summed E-state index contributed by atoms with van der Waals surface area (Å²) >= 11 is 3.01. The summed E-state index contributed by atoms with van der Waals surface area (Å²) in [7, 11) is 0. The highest BCUT2D eigenvalue weighted by Crippen LogP contribution is 2.35. The maximum atomic E-state index is 13.2. The molecule has 0 radical (unpaired) electrons. The summed E-state index contributed by atoms with van der Waals surface area (Å²) < 4.78 is 6.71. The van der Waals surface area contributed by atoms with Crippen LogP contribution in [0.1, 0.15) is 12.6 Å². The van der Waals surface area contributed by atoms with Gasteiger partial charge >= 0.3 is 0 Å². The number of rotatable bonds is 8. The minimum absolute atomic E-state index is 0.00785. The molecule has 152 valence electrons. The Balaban J connectivity index is 1.63. The molecule has 2 aromatic carbocycles. The third kappa shape index (κ3) is 4.80. The second-order valence-corrected chi connectivity index (χ2v) is 8.49. The molecule has 0 bridgehead atoms. The Morgan fingerprint density at radius 2 is 1.90 bits per heavy atom. The molecule has 0 saturated heterocycles. The van der Waals surface area contributed by atoms with E-state index in [1.807, 2.05) is 73.7 Å². The van der Waals surface area contributed by atoms with Gasteiger partial charge in [-0.3, -0.25) is 14.7 Å². The first kappa shape index (κ1) is 20.4. The van der Waals surface area contributed by atoms with Gasteiger partial charge in [0.05, 0.1) is 29.3 Å². The number of aromatic nitrogens is 2. The number of nitrogens with zero attached hydrogens (tertiary/aromatic N) is 3. The molecule has 0 fully saturated rings. The van der Waals surface area contributed by atoms with Crippen LogP contribution in [0.25, 0.3) is 10.2 Å². The lowest BCUT2D eigenvalue weighted by molar-refractivity contribution is -0.116.